The highest BCUT2D eigenvalue weighted by Gasteiger charge is 2.29. The third-order valence-electron chi connectivity index (χ3n) is 5.45. The zero-order valence-corrected chi connectivity index (χ0v) is 16.6. The Kier molecular flexibility index (Phi) is 5.62. The molecule has 0 saturated carbocycles. The molecule has 0 spiro atoms. The predicted molar refractivity (Wildman–Crippen MR) is 113 cm³/mol. The van der Waals surface area contributed by atoms with E-state index in [2.05, 4.69) is 12.1 Å². The maximum Gasteiger partial charge on any atom is 0.257 e. The third kappa shape index (κ3) is 4.17. The first kappa shape index (κ1) is 19.2. The molecule has 1 fully saturated rings. The molecule has 1 aliphatic heterocycles. The molecule has 6 heteroatoms. The van der Waals surface area contributed by atoms with Gasteiger partial charge in [0.2, 0.25) is 0 Å². The van der Waals surface area contributed by atoms with Crippen molar-refractivity contribution in [3.05, 3.63) is 71.9 Å². The molecule has 2 N–H and O–H groups in total. The number of aromatic nitrogens is 2. The molecule has 3 aromatic rings. The standard InChI is InChI=1S/C23H26N4O2/c1-29-20-9-7-19(8-10-20)22-21(23(28)26-12-11-18(13-24)14-26)16-27(25-22)15-17-5-3-2-4-6-17/h2-10,16,18H,11-15,24H2,1H3. The number of hydrogen-bond donors (Lipinski definition) is 1. The van der Waals surface area contributed by atoms with E-state index in [-0.39, 0.29) is 5.91 Å². The molecule has 1 saturated heterocycles. The highest BCUT2D eigenvalue weighted by atomic mass is 16.5. The summed E-state index contributed by atoms with van der Waals surface area (Å²) in [5, 5.41) is 4.77. The first-order valence-corrected chi connectivity index (χ1v) is 9.93. The highest BCUT2D eigenvalue weighted by Crippen LogP contribution is 2.27. The van der Waals surface area contributed by atoms with E-state index in [9.17, 15) is 4.79 Å². The van der Waals surface area contributed by atoms with Crippen molar-refractivity contribution in [3.8, 4) is 17.0 Å². The average Bonchev–Trinajstić information content (AvgIpc) is 3.41. The molecule has 0 aliphatic carbocycles. The maximum absolute atomic E-state index is 13.3. The average molecular weight is 390 g/mol. The summed E-state index contributed by atoms with van der Waals surface area (Å²) in [6.45, 7) is 2.68. The number of benzene rings is 2. The molecular weight excluding hydrogens is 364 g/mol. The van der Waals surface area contributed by atoms with Crippen LogP contribution in [0.1, 0.15) is 22.3 Å². The molecular formula is C23H26N4O2. The fourth-order valence-corrected chi connectivity index (χ4v) is 3.77. The van der Waals surface area contributed by atoms with Gasteiger partial charge in [-0.2, -0.15) is 5.10 Å². The van der Waals surface area contributed by atoms with E-state index in [1.807, 2.05) is 58.2 Å². The van der Waals surface area contributed by atoms with Crippen LogP contribution in [0.2, 0.25) is 0 Å². The summed E-state index contributed by atoms with van der Waals surface area (Å²) in [7, 11) is 1.64. The minimum atomic E-state index is 0.0195. The Balaban J connectivity index is 1.68. The minimum Gasteiger partial charge on any atom is -0.497 e. The Hall–Kier alpha value is -3.12. The van der Waals surface area contributed by atoms with Crippen molar-refractivity contribution >= 4 is 5.91 Å². The van der Waals surface area contributed by atoms with Crippen LogP contribution in [0.4, 0.5) is 0 Å². The van der Waals surface area contributed by atoms with Crippen LogP contribution in [0, 0.1) is 5.92 Å². The molecule has 2 heterocycles. The van der Waals surface area contributed by atoms with E-state index >= 15 is 0 Å². The van der Waals surface area contributed by atoms with E-state index in [1.54, 1.807) is 7.11 Å². The molecule has 6 nitrogen and oxygen atoms in total. The number of likely N-dealkylation sites (tertiary alicyclic amines) is 1. The topological polar surface area (TPSA) is 73.4 Å². The second-order valence-corrected chi connectivity index (χ2v) is 7.44. The number of hydrogen-bond acceptors (Lipinski definition) is 4. The van der Waals surface area contributed by atoms with Gasteiger partial charge in [0.25, 0.3) is 5.91 Å². The van der Waals surface area contributed by atoms with Gasteiger partial charge in [0.15, 0.2) is 0 Å². The summed E-state index contributed by atoms with van der Waals surface area (Å²) in [5.74, 6) is 1.17. The molecule has 0 radical (unpaired) electrons. The third-order valence-corrected chi connectivity index (χ3v) is 5.45. The monoisotopic (exact) mass is 390 g/mol. The van der Waals surface area contributed by atoms with E-state index < -0.39 is 0 Å². The summed E-state index contributed by atoms with van der Waals surface area (Å²) in [6, 6.07) is 17.8. The Morgan fingerprint density at radius 3 is 2.59 bits per heavy atom. The predicted octanol–water partition coefficient (Wildman–Crippen LogP) is 3.03. The number of methoxy groups -OCH3 is 1. The summed E-state index contributed by atoms with van der Waals surface area (Å²) < 4.78 is 7.11. The molecule has 1 atom stereocenters. The Bertz CT molecular complexity index is 966. The van der Waals surface area contributed by atoms with Crippen LogP contribution < -0.4 is 10.5 Å². The summed E-state index contributed by atoms with van der Waals surface area (Å²) in [4.78, 5) is 15.2. The second kappa shape index (κ2) is 8.49. The van der Waals surface area contributed by atoms with Gasteiger partial charge in [-0.05, 0) is 48.7 Å². The van der Waals surface area contributed by atoms with Gasteiger partial charge in [-0.1, -0.05) is 30.3 Å². The van der Waals surface area contributed by atoms with Crippen LogP contribution in [-0.4, -0.2) is 47.3 Å². The first-order chi connectivity index (χ1) is 14.2. The summed E-state index contributed by atoms with van der Waals surface area (Å²) in [5.41, 5.74) is 9.17. The quantitative estimate of drug-likeness (QED) is 0.702. The van der Waals surface area contributed by atoms with E-state index in [0.29, 0.717) is 36.8 Å². The molecule has 0 bridgehead atoms. The maximum atomic E-state index is 13.3. The molecule has 150 valence electrons. The van der Waals surface area contributed by atoms with Crippen molar-refractivity contribution in [1.82, 2.24) is 14.7 Å². The Morgan fingerprint density at radius 2 is 1.93 bits per heavy atom. The van der Waals surface area contributed by atoms with Gasteiger partial charge in [0.1, 0.15) is 11.4 Å². The molecule has 1 aliphatic rings. The van der Waals surface area contributed by atoms with Gasteiger partial charge in [0.05, 0.1) is 19.2 Å². The zero-order valence-electron chi connectivity index (χ0n) is 16.6. The van der Waals surface area contributed by atoms with Gasteiger partial charge < -0.3 is 15.4 Å². The molecule has 1 aromatic heterocycles. The fraction of sp³-hybridized carbons (Fsp3) is 0.304. The SMILES string of the molecule is COc1ccc(-c2nn(Cc3ccccc3)cc2C(=O)N2CCC(CN)C2)cc1. The van der Waals surface area contributed by atoms with Crippen molar-refractivity contribution < 1.29 is 9.53 Å². The van der Waals surface area contributed by atoms with Crippen LogP contribution in [0.25, 0.3) is 11.3 Å². The van der Waals surface area contributed by atoms with Gasteiger partial charge in [-0.3, -0.25) is 9.48 Å². The van der Waals surface area contributed by atoms with Crippen molar-refractivity contribution in [2.45, 2.75) is 13.0 Å². The number of carbonyl (C=O) groups is 1. The Labute approximate surface area is 170 Å². The van der Waals surface area contributed by atoms with Crippen LogP contribution in [0.15, 0.2) is 60.8 Å². The summed E-state index contributed by atoms with van der Waals surface area (Å²) >= 11 is 0. The first-order valence-electron chi connectivity index (χ1n) is 9.93. The second-order valence-electron chi connectivity index (χ2n) is 7.44. The lowest BCUT2D eigenvalue weighted by molar-refractivity contribution is 0.0788. The highest BCUT2D eigenvalue weighted by molar-refractivity contribution is 6.00. The van der Waals surface area contributed by atoms with Crippen LogP contribution in [0.3, 0.4) is 0 Å². The lowest BCUT2D eigenvalue weighted by Gasteiger charge is -2.16. The minimum absolute atomic E-state index is 0.0195. The number of nitrogens with zero attached hydrogens (tertiary/aromatic N) is 3. The van der Waals surface area contributed by atoms with E-state index in [4.69, 9.17) is 15.6 Å². The van der Waals surface area contributed by atoms with E-state index in [0.717, 1.165) is 29.8 Å². The van der Waals surface area contributed by atoms with Crippen molar-refractivity contribution in [2.24, 2.45) is 11.7 Å². The van der Waals surface area contributed by atoms with Crippen molar-refractivity contribution in [2.75, 3.05) is 26.7 Å². The molecule has 2 aromatic carbocycles. The fourth-order valence-electron chi connectivity index (χ4n) is 3.77. The van der Waals surface area contributed by atoms with Crippen molar-refractivity contribution in [1.29, 1.82) is 0 Å². The van der Waals surface area contributed by atoms with Crippen LogP contribution >= 0.6 is 0 Å². The number of rotatable bonds is 6. The van der Waals surface area contributed by atoms with Gasteiger partial charge in [0, 0.05) is 24.8 Å². The van der Waals surface area contributed by atoms with Crippen LogP contribution in [0.5, 0.6) is 5.75 Å². The Morgan fingerprint density at radius 1 is 1.17 bits per heavy atom. The van der Waals surface area contributed by atoms with Crippen LogP contribution in [-0.2, 0) is 6.54 Å². The van der Waals surface area contributed by atoms with Gasteiger partial charge in [-0.15, -0.1) is 0 Å². The molecule has 1 amide bonds. The van der Waals surface area contributed by atoms with Gasteiger partial charge >= 0.3 is 0 Å². The largest absolute Gasteiger partial charge is 0.497 e. The van der Waals surface area contributed by atoms with Gasteiger partial charge in [-0.25, -0.2) is 0 Å². The van der Waals surface area contributed by atoms with E-state index in [1.165, 1.54) is 0 Å². The van der Waals surface area contributed by atoms with Crippen molar-refractivity contribution in [3.63, 3.8) is 0 Å². The number of carbonyl (C=O) groups excluding carboxylic acids is 1. The zero-order chi connectivity index (χ0) is 20.2. The molecule has 29 heavy (non-hydrogen) atoms. The number of nitrogens with two attached hydrogens (primary N) is 1. The number of ether oxygens (including phenoxy) is 1. The normalized spacial score (nSPS) is 16.2. The molecule has 4 rings (SSSR count). The smallest absolute Gasteiger partial charge is 0.257 e. The lowest BCUT2D eigenvalue weighted by atomic mass is 10.1. The number of amides is 1. The molecule has 1 unspecified atom stereocenters. The summed E-state index contributed by atoms with van der Waals surface area (Å²) in [6.07, 6.45) is 2.82. The lowest BCUT2D eigenvalue weighted by Crippen LogP contribution is -2.30.